The van der Waals surface area contributed by atoms with Gasteiger partial charge in [-0.2, -0.15) is 13.2 Å². The van der Waals surface area contributed by atoms with Gasteiger partial charge in [0.15, 0.2) is 0 Å². The Balaban J connectivity index is 1.87. The smallest absolute Gasteiger partial charge is 0.391 e. The van der Waals surface area contributed by atoms with Crippen LogP contribution >= 0.6 is 22.7 Å². The van der Waals surface area contributed by atoms with Gasteiger partial charge in [-0.3, -0.25) is 0 Å². The number of benzene rings is 1. The fourth-order valence-corrected chi connectivity index (χ4v) is 4.36. The first-order valence-electron chi connectivity index (χ1n) is 7.74. The number of rotatable bonds is 5. The highest BCUT2D eigenvalue weighted by atomic mass is 32.1. The van der Waals surface area contributed by atoms with Crippen LogP contribution < -0.4 is 0 Å². The van der Waals surface area contributed by atoms with Gasteiger partial charge in [0.1, 0.15) is 5.01 Å². The molecule has 1 aromatic carbocycles. The average molecular weight is 383 g/mol. The number of nitrogens with zero attached hydrogens (tertiary/aromatic N) is 1. The Labute approximate surface area is 151 Å². The number of thiazole rings is 1. The first-order chi connectivity index (χ1) is 11.9. The molecule has 25 heavy (non-hydrogen) atoms. The van der Waals surface area contributed by atoms with E-state index in [0.29, 0.717) is 17.0 Å². The highest BCUT2D eigenvalue weighted by Crippen LogP contribution is 2.34. The van der Waals surface area contributed by atoms with Gasteiger partial charge in [-0.05, 0) is 35.6 Å². The Bertz CT molecular complexity index is 850. The van der Waals surface area contributed by atoms with Crippen LogP contribution in [-0.2, 0) is 25.6 Å². The first-order valence-corrected chi connectivity index (χ1v) is 9.43. The maximum absolute atomic E-state index is 12.7. The van der Waals surface area contributed by atoms with E-state index in [4.69, 9.17) is 0 Å². The largest absolute Gasteiger partial charge is 0.416 e. The topological polar surface area (TPSA) is 33.1 Å². The van der Waals surface area contributed by atoms with E-state index in [1.165, 1.54) is 29.0 Å². The molecule has 0 aliphatic rings. The van der Waals surface area contributed by atoms with Crippen LogP contribution in [0.2, 0.25) is 0 Å². The third-order valence-corrected chi connectivity index (χ3v) is 5.96. The van der Waals surface area contributed by atoms with E-state index in [2.05, 4.69) is 23.4 Å². The van der Waals surface area contributed by atoms with Crippen molar-refractivity contribution in [2.24, 2.45) is 0 Å². The lowest BCUT2D eigenvalue weighted by atomic mass is 10.1. The maximum Gasteiger partial charge on any atom is 0.416 e. The fourth-order valence-electron chi connectivity index (χ4n) is 2.44. The van der Waals surface area contributed by atoms with Gasteiger partial charge in [0.05, 0.1) is 22.7 Å². The van der Waals surface area contributed by atoms with E-state index < -0.39 is 11.7 Å². The van der Waals surface area contributed by atoms with Gasteiger partial charge < -0.3 is 5.11 Å². The molecule has 0 radical (unpaired) electrons. The summed E-state index contributed by atoms with van der Waals surface area (Å²) in [6, 6.07) is 7.09. The van der Waals surface area contributed by atoms with Crippen LogP contribution in [0.1, 0.15) is 33.5 Å². The standard InChI is InChI=1S/C18H16F3NOS2/c1-2-11-7-14(24-10-11)8-15-16(9-23)25-17(22-15)12-3-5-13(6-4-12)18(19,20)21/h3-7,10,23H,2,8-9H2,1H3. The van der Waals surface area contributed by atoms with Crippen molar-refractivity contribution in [3.05, 3.63) is 62.3 Å². The second-order valence-electron chi connectivity index (χ2n) is 5.57. The van der Waals surface area contributed by atoms with Crippen molar-refractivity contribution in [2.75, 3.05) is 0 Å². The summed E-state index contributed by atoms with van der Waals surface area (Å²) in [6.07, 6.45) is -2.76. The lowest BCUT2D eigenvalue weighted by Gasteiger charge is -2.06. The molecule has 7 heteroatoms. The van der Waals surface area contributed by atoms with Crippen molar-refractivity contribution in [3.63, 3.8) is 0 Å². The lowest BCUT2D eigenvalue weighted by Crippen LogP contribution is -2.03. The molecule has 0 fully saturated rings. The van der Waals surface area contributed by atoms with Gasteiger partial charge in [-0.25, -0.2) is 4.98 Å². The number of alkyl halides is 3. The van der Waals surface area contributed by atoms with Crippen molar-refractivity contribution < 1.29 is 18.3 Å². The summed E-state index contributed by atoms with van der Waals surface area (Å²) in [5.74, 6) is 0. The summed E-state index contributed by atoms with van der Waals surface area (Å²) in [4.78, 5) is 6.47. The quantitative estimate of drug-likeness (QED) is 0.628. The molecule has 0 saturated carbocycles. The van der Waals surface area contributed by atoms with E-state index in [1.807, 2.05) is 0 Å². The number of aliphatic hydroxyl groups is 1. The van der Waals surface area contributed by atoms with Crippen LogP contribution in [0.5, 0.6) is 0 Å². The highest BCUT2D eigenvalue weighted by Gasteiger charge is 2.30. The number of aliphatic hydroxyl groups excluding tert-OH is 1. The molecule has 0 atom stereocenters. The van der Waals surface area contributed by atoms with Gasteiger partial charge in [-0.1, -0.05) is 19.1 Å². The predicted molar refractivity (Wildman–Crippen MR) is 95.0 cm³/mol. The van der Waals surface area contributed by atoms with E-state index in [1.54, 1.807) is 11.3 Å². The molecule has 0 unspecified atom stereocenters. The minimum absolute atomic E-state index is 0.125. The van der Waals surface area contributed by atoms with Gasteiger partial charge in [0.25, 0.3) is 0 Å². The van der Waals surface area contributed by atoms with Crippen LogP contribution in [0.25, 0.3) is 10.6 Å². The minimum Gasteiger partial charge on any atom is -0.391 e. The third kappa shape index (κ3) is 4.11. The molecule has 0 bridgehead atoms. The molecular weight excluding hydrogens is 367 g/mol. The second kappa shape index (κ2) is 7.27. The number of halogens is 3. The number of aromatic nitrogens is 1. The lowest BCUT2D eigenvalue weighted by molar-refractivity contribution is -0.137. The van der Waals surface area contributed by atoms with Gasteiger partial charge in [-0.15, -0.1) is 22.7 Å². The van der Waals surface area contributed by atoms with E-state index >= 15 is 0 Å². The molecular formula is C18H16F3NOS2. The normalized spacial score (nSPS) is 11.9. The van der Waals surface area contributed by atoms with Crippen LogP contribution in [0.3, 0.4) is 0 Å². The van der Waals surface area contributed by atoms with E-state index in [9.17, 15) is 18.3 Å². The zero-order valence-corrected chi connectivity index (χ0v) is 15.1. The Kier molecular flexibility index (Phi) is 5.27. The molecule has 132 valence electrons. The van der Waals surface area contributed by atoms with Crippen LogP contribution in [0.4, 0.5) is 13.2 Å². The highest BCUT2D eigenvalue weighted by molar-refractivity contribution is 7.15. The number of hydrogen-bond acceptors (Lipinski definition) is 4. The summed E-state index contributed by atoms with van der Waals surface area (Å²) < 4.78 is 38.0. The monoisotopic (exact) mass is 383 g/mol. The zero-order chi connectivity index (χ0) is 18.0. The maximum atomic E-state index is 12.7. The van der Waals surface area contributed by atoms with Crippen LogP contribution in [0.15, 0.2) is 35.7 Å². The Morgan fingerprint density at radius 1 is 1.16 bits per heavy atom. The molecule has 2 aromatic heterocycles. The number of aryl methyl sites for hydroxylation is 1. The van der Waals surface area contributed by atoms with Crippen molar-refractivity contribution in [3.8, 4) is 10.6 Å². The summed E-state index contributed by atoms with van der Waals surface area (Å²) in [5, 5.41) is 12.3. The van der Waals surface area contributed by atoms with Crippen LogP contribution in [0, 0.1) is 0 Å². The molecule has 2 nitrogen and oxygen atoms in total. The van der Waals surface area contributed by atoms with Gasteiger partial charge >= 0.3 is 6.18 Å². The fraction of sp³-hybridized carbons (Fsp3) is 0.278. The SMILES string of the molecule is CCc1csc(Cc2nc(-c3ccc(C(F)(F)F)cc3)sc2CO)c1. The third-order valence-electron chi connectivity index (χ3n) is 3.84. The molecule has 3 aromatic rings. The number of hydrogen-bond donors (Lipinski definition) is 1. The zero-order valence-electron chi connectivity index (χ0n) is 13.4. The van der Waals surface area contributed by atoms with Crippen molar-refractivity contribution in [2.45, 2.75) is 32.5 Å². The molecule has 1 N–H and O–H groups in total. The van der Waals surface area contributed by atoms with E-state index in [-0.39, 0.29) is 6.61 Å². The number of thiophene rings is 1. The molecule has 0 spiro atoms. The van der Waals surface area contributed by atoms with Crippen LogP contribution in [-0.4, -0.2) is 10.1 Å². The predicted octanol–water partition coefficient (Wildman–Crippen LogP) is 5.54. The van der Waals surface area contributed by atoms with Gasteiger partial charge in [0, 0.05) is 16.9 Å². The summed E-state index contributed by atoms with van der Waals surface area (Å²) in [7, 11) is 0. The summed E-state index contributed by atoms with van der Waals surface area (Å²) in [5.41, 5.74) is 2.00. The van der Waals surface area contributed by atoms with E-state index in [0.717, 1.165) is 34.0 Å². The van der Waals surface area contributed by atoms with Crippen molar-refractivity contribution in [1.29, 1.82) is 0 Å². The minimum atomic E-state index is -4.35. The average Bonchev–Trinajstić information content (AvgIpc) is 3.21. The Hall–Kier alpha value is -1.70. The molecule has 3 rings (SSSR count). The Morgan fingerprint density at radius 3 is 2.44 bits per heavy atom. The summed E-state index contributed by atoms with van der Waals surface area (Å²) in [6.45, 7) is 1.97. The first kappa shape index (κ1) is 18.1. The van der Waals surface area contributed by atoms with Gasteiger partial charge in [0.2, 0.25) is 0 Å². The molecule has 0 aliphatic carbocycles. The van der Waals surface area contributed by atoms with Crippen molar-refractivity contribution in [1.82, 2.24) is 4.98 Å². The molecule has 0 aliphatic heterocycles. The Morgan fingerprint density at radius 2 is 1.88 bits per heavy atom. The molecule has 0 saturated heterocycles. The second-order valence-corrected chi connectivity index (χ2v) is 7.65. The van der Waals surface area contributed by atoms with Crippen molar-refractivity contribution >= 4 is 22.7 Å². The molecule has 2 heterocycles. The summed E-state index contributed by atoms with van der Waals surface area (Å²) >= 11 is 2.98. The molecule has 0 amide bonds.